The summed E-state index contributed by atoms with van der Waals surface area (Å²) in [5, 5.41) is 14.7. The summed E-state index contributed by atoms with van der Waals surface area (Å²) in [5.74, 6) is -0.774. The lowest BCUT2D eigenvalue weighted by Crippen LogP contribution is -2.45. The number of hydrazine groups is 1. The maximum Gasteiger partial charge on any atom is 0.407 e. The van der Waals surface area contributed by atoms with E-state index in [4.69, 9.17) is 9.84 Å². The number of carbonyl (C=O) groups is 2. The minimum Gasteiger partial charge on any atom is -0.446 e. The van der Waals surface area contributed by atoms with E-state index in [1.165, 1.54) is 0 Å². The molecule has 8 nitrogen and oxygen atoms in total. The minimum atomic E-state index is -0.706. The van der Waals surface area contributed by atoms with Gasteiger partial charge in [-0.15, -0.1) is 0 Å². The molecule has 3 aliphatic rings. The summed E-state index contributed by atoms with van der Waals surface area (Å²) in [6.45, 7) is 0.705. The van der Waals surface area contributed by atoms with Crippen LogP contribution in [0.1, 0.15) is 37.7 Å². The predicted octanol–water partition coefficient (Wildman–Crippen LogP) is 1.34. The Hall–Kier alpha value is -2.30. The molecular weight excluding hydrogens is 422 g/mol. The van der Waals surface area contributed by atoms with Gasteiger partial charge >= 0.3 is 6.09 Å². The maximum absolute atomic E-state index is 13.3. The molecule has 6 atom stereocenters. The van der Waals surface area contributed by atoms with E-state index in [0.29, 0.717) is 30.7 Å². The molecule has 2 aliphatic carbocycles. The third-order valence-electron chi connectivity index (χ3n) is 6.63. The second-order valence-electron chi connectivity index (χ2n) is 9.13. The van der Waals surface area contributed by atoms with Gasteiger partial charge in [-0.3, -0.25) is 10.2 Å². The first-order chi connectivity index (χ1) is 15.4. The third kappa shape index (κ3) is 6.14. The first-order valence-electron chi connectivity index (χ1n) is 11.2. The van der Waals surface area contributed by atoms with Gasteiger partial charge in [-0.05, 0) is 67.6 Å². The van der Waals surface area contributed by atoms with Gasteiger partial charge in [-0.25, -0.2) is 19.0 Å². The number of carbonyl (C=O) groups excluding carboxylic acids is 2. The molecule has 2 unspecified atom stereocenters. The van der Waals surface area contributed by atoms with E-state index in [-0.39, 0.29) is 42.8 Å². The molecule has 0 spiro atoms. The van der Waals surface area contributed by atoms with Gasteiger partial charge in [-0.2, -0.15) is 0 Å². The van der Waals surface area contributed by atoms with Crippen molar-refractivity contribution in [1.82, 2.24) is 21.5 Å². The first kappa shape index (κ1) is 22.9. The second kappa shape index (κ2) is 10.1. The van der Waals surface area contributed by atoms with Gasteiger partial charge in [0.1, 0.15) is 17.7 Å². The smallest absolute Gasteiger partial charge is 0.407 e. The molecule has 1 aromatic carbocycles. The van der Waals surface area contributed by atoms with Crippen LogP contribution in [0.4, 0.5) is 13.6 Å². The normalized spacial score (nSPS) is 31.3. The standard InChI is InChI=1S/C22H30F2N4O4/c23-16-3-12(4-17(24)8-16)5-21(30)26-20-9-19(27-28-20)13-1-2-18(7-13)32-22(31)25-10-14-6-15(14)11-29/h3-4,8,13-15,18-20,27-29H,1-2,5-7,9-11H2,(H,25,31)(H,26,30)/t13-,14-,15-,18+,19?,20?/m1/s1. The lowest BCUT2D eigenvalue weighted by molar-refractivity contribution is -0.121. The summed E-state index contributed by atoms with van der Waals surface area (Å²) in [7, 11) is 0. The van der Waals surface area contributed by atoms with Crippen LogP contribution in [0.15, 0.2) is 18.2 Å². The van der Waals surface area contributed by atoms with Gasteiger partial charge in [0.15, 0.2) is 0 Å². The third-order valence-corrected chi connectivity index (χ3v) is 6.63. The van der Waals surface area contributed by atoms with E-state index in [2.05, 4.69) is 21.5 Å². The molecule has 1 saturated heterocycles. The van der Waals surface area contributed by atoms with Crippen LogP contribution in [0.2, 0.25) is 0 Å². The Bertz CT molecular complexity index is 822. The Morgan fingerprint density at radius 1 is 1.06 bits per heavy atom. The molecule has 0 radical (unpaired) electrons. The molecule has 0 bridgehead atoms. The predicted molar refractivity (Wildman–Crippen MR) is 111 cm³/mol. The quantitative estimate of drug-likeness (QED) is 0.407. The molecule has 2 amide bonds. The fourth-order valence-corrected chi connectivity index (χ4v) is 4.77. The van der Waals surface area contributed by atoms with Crippen LogP contribution < -0.4 is 21.5 Å². The van der Waals surface area contributed by atoms with E-state index in [1.807, 2.05) is 0 Å². The molecule has 1 aromatic rings. The average molecular weight is 453 g/mol. The van der Waals surface area contributed by atoms with Crippen LogP contribution in [0, 0.1) is 29.4 Å². The molecule has 0 aromatic heterocycles. The number of aliphatic hydroxyl groups excluding tert-OH is 1. The number of nitrogens with one attached hydrogen (secondary N) is 4. The fraction of sp³-hybridized carbons (Fsp3) is 0.636. The Balaban J connectivity index is 1.15. The van der Waals surface area contributed by atoms with E-state index in [0.717, 1.165) is 43.9 Å². The van der Waals surface area contributed by atoms with Crippen LogP contribution in [-0.2, 0) is 16.0 Å². The highest BCUT2D eigenvalue weighted by Gasteiger charge is 2.38. The largest absolute Gasteiger partial charge is 0.446 e. The molecule has 1 aliphatic heterocycles. The zero-order valence-electron chi connectivity index (χ0n) is 17.8. The van der Waals surface area contributed by atoms with Crippen molar-refractivity contribution in [3.8, 4) is 0 Å². The van der Waals surface area contributed by atoms with Gasteiger partial charge in [0.2, 0.25) is 5.91 Å². The Morgan fingerprint density at radius 2 is 1.84 bits per heavy atom. The lowest BCUT2D eigenvalue weighted by atomic mass is 9.96. The molecule has 2 saturated carbocycles. The van der Waals surface area contributed by atoms with Crippen molar-refractivity contribution >= 4 is 12.0 Å². The van der Waals surface area contributed by atoms with Crippen molar-refractivity contribution in [2.45, 2.75) is 56.8 Å². The number of hydrogen-bond acceptors (Lipinski definition) is 6. The van der Waals surface area contributed by atoms with Gasteiger partial charge in [0.25, 0.3) is 0 Å². The van der Waals surface area contributed by atoms with Crippen molar-refractivity contribution in [2.75, 3.05) is 13.2 Å². The summed E-state index contributed by atoms with van der Waals surface area (Å²) in [5.41, 5.74) is 6.54. The number of ether oxygens (including phenoxy) is 1. The van der Waals surface area contributed by atoms with Crippen molar-refractivity contribution in [1.29, 1.82) is 0 Å². The summed E-state index contributed by atoms with van der Waals surface area (Å²) in [6, 6.07) is 3.20. The Labute approximate surface area is 185 Å². The zero-order valence-corrected chi connectivity index (χ0v) is 17.8. The van der Waals surface area contributed by atoms with E-state index < -0.39 is 17.7 Å². The van der Waals surface area contributed by atoms with Gasteiger partial charge in [0.05, 0.1) is 12.6 Å². The highest BCUT2D eigenvalue weighted by atomic mass is 19.1. The number of halogens is 2. The van der Waals surface area contributed by atoms with Crippen LogP contribution in [0.3, 0.4) is 0 Å². The summed E-state index contributed by atoms with van der Waals surface area (Å²) < 4.78 is 32.1. The van der Waals surface area contributed by atoms with E-state index >= 15 is 0 Å². The topological polar surface area (TPSA) is 112 Å². The van der Waals surface area contributed by atoms with Gasteiger partial charge < -0.3 is 20.5 Å². The van der Waals surface area contributed by atoms with Crippen LogP contribution in [0.5, 0.6) is 0 Å². The number of amides is 2. The number of aliphatic hydroxyl groups is 1. The average Bonchev–Trinajstić information content (AvgIpc) is 3.07. The van der Waals surface area contributed by atoms with Gasteiger partial charge in [0, 0.05) is 25.3 Å². The summed E-state index contributed by atoms with van der Waals surface area (Å²) >= 11 is 0. The Kier molecular flexibility index (Phi) is 7.22. The summed E-state index contributed by atoms with van der Waals surface area (Å²) in [4.78, 5) is 24.2. The van der Waals surface area contributed by atoms with Crippen molar-refractivity contribution < 1.29 is 28.2 Å². The number of rotatable bonds is 8. The van der Waals surface area contributed by atoms with Crippen LogP contribution in [0.25, 0.3) is 0 Å². The molecule has 3 fully saturated rings. The lowest BCUT2D eigenvalue weighted by Gasteiger charge is -2.18. The highest BCUT2D eigenvalue weighted by Crippen LogP contribution is 2.37. The fourth-order valence-electron chi connectivity index (χ4n) is 4.77. The molecule has 10 heteroatoms. The SMILES string of the molecule is O=C(Cc1cc(F)cc(F)c1)NC1CC([C@@H]2CC[C@H](OC(=O)NC[C@H]3C[C@@H]3CO)C2)NN1. The zero-order chi connectivity index (χ0) is 22.7. The number of benzene rings is 1. The molecule has 32 heavy (non-hydrogen) atoms. The van der Waals surface area contributed by atoms with Gasteiger partial charge in [-0.1, -0.05) is 0 Å². The first-order valence-corrected chi connectivity index (χ1v) is 11.2. The molecule has 5 N–H and O–H groups in total. The van der Waals surface area contributed by atoms with Crippen molar-refractivity contribution in [3.63, 3.8) is 0 Å². The summed E-state index contributed by atoms with van der Waals surface area (Å²) in [6.07, 6.45) is 3.13. The highest BCUT2D eigenvalue weighted by molar-refractivity contribution is 5.78. The Morgan fingerprint density at radius 3 is 2.56 bits per heavy atom. The monoisotopic (exact) mass is 452 g/mol. The second-order valence-corrected chi connectivity index (χ2v) is 9.13. The van der Waals surface area contributed by atoms with Crippen LogP contribution in [-0.4, -0.2) is 48.6 Å². The van der Waals surface area contributed by atoms with Crippen molar-refractivity contribution in [2.24, 2.45) is 17.8 Å². The molecule has 4 rings (SSSR count). The molecular formula is C22H30F2N4O4. The number of alkyl carbamates (subject to hydrolysis) is 1. The van der Waals surface area contributed by atoms with E-state index in [1.54, 1.807) is 0 Å². The van der Waals surface area contributed by atoms with Crippen LogP contribution >= 0.6 is 0 Å². The van der Waals surface area contributed by atoms with Crippen molar-refractivity contribution in [3.05, 3.63) is 35.4 Å². The minimum absolute atomic E-state index is 0.105. The maximum atomic E-state index is 13.3. The molecule has 176 valence electrons. The van der Waals surface area contributed by atoms with E-state index in [9.17, 15) is 18.4 Å². The molecule has 1 heterocycles. The number of hydrogen-bond donors (Lipinski definition) is 5.